The van der Waals surface area contributed by atoms with Crippen LogP contribution in [0.4, 0.5) is 0 Å². The topological polar surface area (TPSA) is 132 Å². The number of phosphoric ester groups is 1. The number of rotatable bonds is 38. The molecule has 1 heterocycles. The molecule has 0 saturated carbocycles. The highest BCUT2D eigenvalue weighted by atomic mass is 31.2. The van der Waals surface area contributed by atoms with Crippen molar-refractivity contribution in [3.8, 4) is 0 Å². The van der Waals surface area contributed by atoms with Crippen LogP contribution in [0.5, 0.6) is 0 Å². The van der Waals surface area contributed by atoms with E-state index in [2.05, 4.69) is 48.8 Å². The fraction of sp³-hybridized carbons (Fsp3) is 0.814. The summed E-state index contributed by atoms with van der Waals surface area (Å²) >= 11 is 0. The Morgan fingerprint density at radius 2 is 1.04 bits per heavy atom. The van der Waals surface area contributed by atoms with Crippen molar-refractivity contribution in [1.82, 2.24) is 0 Å². The highest BCUT2D eigenvalue weighted by Crippen LogP contribution is 2.36. The second kappa shape index (κ2) is 34.7. The molecule has 0 aromatic carbocycles. The quantitative estimate of drug-likeness (QED) is 0.0207. The van der Waals surface area contributed by atoms with Gasteiger partial charge in [0.2, 0.25) is 0 Å². The van der Waals surface area contributed by atoms with Gasteiger partial charge in [-0.3, -0.25) is 14.1 Å². The van der Waals surface area contributed by atoms with E-state index in [0.29, 0.717) is 12.8 Å². The molecule has 53 heavy (non-hydrogen) atoms. The molecule has 1 saturated heterocycles. The van der Waals surface area contributed by atoms with Crippen molar-refractivity contribution >= 4 is 19.8 Å². The largest absolute Gasteiger partial charge is 0.469 e. The summed E-state index contributed by atoms with van der Waals surface area (Å²) in [5, 5.41) is 0. The van der Waals surface area contributed by atoms with Crippen molar-refractivity contribution in [3.63, 3.8) is 0 Å². The van der Waals surface area contributed by atoms with Crippen LogP contribution in [0.25, 0.3) is 0 Å². The molecule has 3 atom stereocenters. The van der Waals surface area contributed by atoms with Gasteiger partial charge in [0.05, 0.1) is 18.8 Å². The minimum atomic E-state index is -4.77. The summed E-state index contributed by atoms with van der Waals surface area (Å²) in [5.74, 6) is -0.952. The van der Waals surface area contributed by atoms with Crippen LogP contribution in [0.1, 0.15) is 194 Å². The number of esters is 2. The molecule has 0 radical (unpaired) electrons. The van der Waals surface area contributed by atoms with Gasteiger partial charge in [-0.25, -0.2) is 4.57 Å². The summed E-state index contributed by atoms with van der Waals surface area (Å²) in [6.45, 7) is 3.61. The molecular formula is C43H77O9P. The second-order valence-corrected chi connectivity index (χ2v) is 15.9. The molecule has 0 aromatic rings. The smallest absolute Gasteiger partial charge is 0.462 e. The molecule has 0 aromatic heterocycles. The number of epoxide rings is 1. The highest BCUT2D eigenvalue weighted by Gasteiger charge is 2.36. The molecular weight excluding hydrogens is 691 g/mol. The second-order valence-electron chi connectivity index (χ2n) is 14.7. The Kier molecular flexibility index (Phi) is 32.2. The van der Waals surface area contributed by atoms with Gasteiger partial charge in [-0.05, 0) is 51.4 Å². The minimum absolute atomic E-state index is 0.185. The van der Waals surface area contributed by atoms with E-state index >= 15 is 0 Å². The lowest BCUT2D eigenvalue weighted by Crippen LogP contribution is -2.29. The number of carbonyl (C=O) groups is 2. The van der Waals surface area contributed by atoms with E-state index in [1.807, 2.05) is 6.08 Å². The lowest BCUT2D eigenvalue weighted by Gasteiger charge is -2.18. The van der Waals surface area contributed by atoms with E-state index in [0.717, 1.165) is 51.4 Å². The molecule has 0 amide bonds. The zero-order valence-electron chi connectivity index (χ0n) is 33.6. The van der Waals surface area contributed by atoms with Gasteiger partial charge in [0, 0.05) is 12.8 Å². The van der Waals surface area contributed by atoms with Gasteiger partial charge < -0.3 is 24.0 Å². The fourth-order valence-electron chi connectivity index (χ4n) is 6.23. The molecule has 10 heteroatoms. The molecule has 0 bridgehead atoms. The molecule has 9 nitrogen and oxygen atoms in total. The first-order chi connectivity index (χ1) is 25.7. The van der Waals surface area contributed by atoms with Gasteiger partial charge in [-0.1, -0.05) is 166 Å². The molecule has 1 fully saturated rings. The van der Waals surface area contributed by atoms with Crippen LogP contribution in [0.15, 0.2) is 36.5 Å². The highest BCUT2D eigenvalue weighted by molar-refractivity contribution is 7.46. The minimum Gasteiger partial charge on any atom is -0.462 e. The van der Waals surface area contributed by atoms with Gasteiger partial charge in [0.15, 0.2) is 6.10 Å². The molecule has 1 aliphatic rings. The maximum atomic E-state index is 12.4. The summed E-state index contributed by atoms with van der Waals surface area (Å²) < 4.78 is 32.1. The average molecular weight is 769 g/mol. The Hall–Kier alpha value is -1.77. The van der Waals surface area contributed by atoms with Crippen molar-refractivity contribution in [1.29, 1.82) is 0 Å². The molecule has 0 aliphatic carbocycles. The fourth-order valence-corrected chi connectivity index (χ4v) is 6.59. The molecule has 308 valence electrons. The summed E-state index contributed by atoms with van der Waals surface area (Å²) in [5.41, 5.74) is 0. The van der Waals surface area contributed by atoms with Gasteiger partial charge >= 0.3 is 19.8 Å². The van der Waals surface area contributed by atoms with E-state index in [4.69, 9.17) is 24.0 Å². The molecule has 1 rings (SSSR count). The van der Waals surface area contributed by atoms with Crippen molar-refractivity contribution < 1.29 is 42.7 Å². The number of phosphoric acid groups is 1. The van der Waals surface area contributed by atoms with Crippen LogP contribution in [-0.2, 0) is 32.9 Å². The van der Waals surface area contributed by atoms with Crippen molar-refractivity contribution in [2.75, 3.05) is 13.2 Å². The van der Waals surface area contributed by atoms with Crippen molar-refractivity contribution in [2.45, 2.75) is 212 Å². The maximum absolute atomic E-state index is 12.4. The van der Waals surface area contributed by atoms with E-state index in [1.54, 1.807) is 0 Å². The first-order valence-electron chi connectivity index (χ1n) is 21.4. The summed E-state index contributed by atoms with van der Waals surface area (Å²) in [4.78, 5) is 42.9. The number of ether oxygens (including phenoxy) is 3. The number of unbranched alkanes of at least 4 members (excludes halogenated alkanes) is 20. The predicted molar refractivity (Wildman–Crippen MR) is 216 cm³/mol. The Morgan fingerprint density at radius 1 is 0.585 bits per heavy atom. The lowest BCUT2D eigenvalue weighted by molar-refractivity contribution is -0.161. The number of carbonyl (C=O) groups excluding carboxylic acids is 2. The molecule has 2 N–H and O–H groups in total. The Labute approximate surface area is 323 Å². The third-order valence-electron chi connectivity index (χ3n) is 9.56. The molecule has 0 spiro atoms. The van der Waals surface area contributed by atoms with Gasteiger partial charge in [-0.2, -0.15) is 0 Å². The monoisotopic (exact) mass is 769 g/mol. The Morgan fingerprint density at radius 3 is 1.60 bits per heavy atom. The van der Waals surface area contributed by atoms with Crippen LogP contribution in [0.3, 0.4) is 0 Å². The van der Waals surface area contributed by atoms with Gasteiger partial charge in [-0.15, -0.1) is 0 Å². The molecule has 2 unspecified atom stereocenters. The van der Waals surface area contributed by atoms with Crippen molar-refractivity contribution in [3.05, 3.63) is 36.5 Å². The number of hydrogen-bond acceptors (Lipinski definition) is 7. The van der Waals surface area contributed by atoms with Gasteiger partial charge in [0.1, 0.15) is 6.61 Å². The standard InChI is InChI=1S/C43H77O9P/c1-3-5-7-9-11-13-14-15-16-17-18-19-20-22-24-26-32-36-43(45)51-39(38-50-53(46,47)48)37-49-42(44)35-31-28-27-30-34-41-40(52-41)33-29-25-23-21-12-10-8-6-4-2/h12,21,25,27,29-30,39-41H,3-11,13-20,22-24,26,28,31-38H2,1-2H3,(H2,46,47,48)/b21-12-,29-25-,30-27-/t39-,40?,41?/m1/s1. The van der Waals surface area contributed by atoms with Crippen LogP contribution in [-0.4, -0.2) is 53.3 Å². The number of hydrogen-bond donors (Lipinski definition) is 2. The van der Waals surface area contributed by atoms with E-state index < -0.39 is 32.5 Å². The molecule has 1 aliphatic heterocycles. The SMILES string of the molecule is CCCCC/C=C\C/C=C\CC1OC1C/C=C\CCCC(=O)OC[C@H](COP(=O)(O)O)OC(=O)CCCCCCCCCCCCCCCCCCC. The lowest BCUT2D eigenvalue weighted by atomic mass is 10.0. The first-order valence-corrected chi connectivity index (χ1v) is 22.9. The van der Waals surface area contributed by atoms with Gasteiger partial charge in [0.25, 0.3) is 0 Å². The van der Waals surface area contributed by atoms with Crippen LogP contribution in [0.2, 0.25) is 0 Å². The summed E-state index contributed by atoms with van der Waals surface area (Å²) in [7, 11) is -4.77. The van der Waals surface area contributed by atoms with Crippen LogP contribution < -0.4 is 0 Å². The zero-order valence-corrected chi connectivity index (χ0v) is 34.5. The van der Waals surface area contributed by atoms with E-state index in [-0.39, 0.29) is 31.7 Å². The Bertz CT molecular complexity index is 1020. The normalized spacial score (nSPS) is 16.6. The first kappa shape index (κ1) is 49.2. The van der Waals surface area contributed by atoms with Crippen LogP contribution in [0, 0.1) is 0 Å². The third kappa shape index (κ3) is 34.5. The van der Waals surface area contributed by atoms with E-state index in [9.17, 15) is 14.2 Å². The zero-order chi connectivity index (χ0) is 38.7. The van der Waals surface area contributed by atoms with E-state index in [1.165, 1.54) is 103 Å². The van der Waals surface area contributed by atoms with Crippen LogP contribution >= 0.6 is 7.82 Å². The maximum Gasteiger partial charge on any atom is 0.469 e. The summed E-state index contributed by atoms with van der Waals surface area (Å²) in [6, 6.07) is 0. The number of allylic oxidation sites excluding steroid dienone is 4. The third-order valence-corrected chi connectivity index (χ3v) is 10.0. The van der Waals surface area contributed by atoms with Crippen molar-refractivity contribution in [2.24, 2.45) is 0 Å². The Balaban J connectivity index is 2.09. The summed E-state index contributed by atoms with van der Waals surface area (Å²) in [6.07, 6.45) is 43.2. The average Bonchev–Trinajstić information content (AvgIpc) is 3.88. The predicted octanol–water partition coefficient (Wildman–Crippen LogP) is 11.9.